The average Bonchev–Trinajstić information content (AvgIpc) is 3.04. The Hall–Kier alpha value is -2.73. The molecule has 0 spiro atoms. The van der Waals surface area contributed by atoms with Crippen molar-refractivity contribution in [1.29, 1.82) is 0 Å². The highest BCUT2D eigenvalue weighted by Crippen LogP contribution is 2.14. The van der Waals surface area contributed by atoms with Crippen LogP contribution in [-0.4, -0.2) is 25.7 Å². The van der Waals surface area contributed by atoms with Gasteiger partial charge in [0, 0.05) is 23.1 Å². The van der Waals surface area contributed by atoms with Gasteiger partial charge in [-0.3, -0.25) is 9.36 Å². The molecule has 0 radical (unpaired) electrons. The van der Waals surface area contributed by atoms with Crippen LogP contribution in [0.1, 0.15) is 10.5 Å². The highest BCUT2D eigenvalue weighted by Gasteiger charge is 2.09. The molecule has 0 aliphatic carbocycles. The number of hydrogen-bond donors (Lipinski definition) is 1. The number of anilines is 1. The molecule has 0 atom stereocenters. The van der Waals surface area contributed by atoms with E-state index in [9.17, 15) is 4.79 Å². The Morgan fingerprint density at radius 2 is 1.90 bits per heavy atom. The zero-order valence-electron chi connectivity index (χ0n) is 10.8. The predicted molar refractivity (Wildman–Crippen MR) is 78.6 cm³/mol. The molecule has 2 aromatic heterocycles. The van der Waals surface area contributed by atoms with Crippen LogP contribution in [0.25, 0.3) is 5.82 Å². The minimum absolute atomic E-state index is 0.230. The molecule has 21 heavy (non-hydrogen) atoms. The van der Waals surface area contributed by atoms with Gasteiger partial charge in [-0.15, -0.1) is 10.2 Å². The van der Waals surface area contributed by atoms with Crippen molar-refractivity contribution in [3.63, 3.8) is 0 Å². The zero-order chi connectivity index (χ0) is 14.7. The summed E-state index contributed by atoms with van der Waals surface area (Å²) in [5.74, 6) is 0.262. The van der Waals surface area contributed by atoms with E-state index < -0.39 is 0 Å². The summed E-state index contributed by atoms with van der Waals surface area (Å²) in [4.78, 5) is 16.0. The van der Waals surface area contributed by atoms with E-state index in [-0.39, 0.29) is 11.6 Å². The van der Waals surface area contributed by atoms with Crippen LogP contribution in [0.5, 0.6) is 0 Å². The van der Waals surface area contributed by atoms with Gasteiger partial charge in [0.05, 0.1) is 0 Å². The first kappa shape index (κ1) is 13.3. The zero-order valence-corrected chi connectivity index (χ0v) is 11.5. The molecule has 0 saturated carbocycles. The SMILES string of the molecule is O=C(Nc1ccc(Cl)cc1)c1ccc(-n2ccnc2)nn1. The van der Waals surface area contributed by atoms with E-state index >= 15 is 0 Å². The predicted octanol–water partition coefficient (Wildman–Crippen LogP) is 2.57. The molecule has 2 heterocycles. The molecule has 6 nitrogen and oxygen atoms in total. The summed E-state index contributed by atoms with van der Waals surface area (Å²) >= 11 is 5.79. The number of nitrogens with one attached hydrogen (secondary N) is 1. The highest BCUT2D eigenvalue weighted by molar-refractivity contribution is 6.30. The smallest absolute Gasteiger partial charge is 0.276 e. The van der Waals surface area contributed by atoms with Gasteiger partial charge in [-0.1, -0.05) is 11.6 Å². The topological polar surface area (TPSA) is 72.7 Å². The van der Waals surface area contributed by atoms with Crippen LogP contribution < -0.4 is 5.32 Å². The fourth-order valence-corrected chi connectivity index (χ4v) is 1.83. The lowest BCUT2D eigenvalue weighted by molar-refractivity contribution is 0.102. The van der Waals surface area contributed by atoms with Crippen molar-refractivity contribution in [3.8, 4) is 5.82 Å². The molecular formula is C14H10ClN5O. The van der Waals surface area contributed by atoms with Crippen molar-refractivity contribution in [2.75, 3.05) is 5.32 Å². The Morgan fingerprint density at radius 3 is 2.52 bits per heavy atom. The van der Waals surface area contributed by atoms with E-state index in [0.717, 1.165) is 0 Å². The largest absolute Gasteiger partial charge is 0.321 e. The first-order valence-corrected chi connectivity index (χ1v) is 6.49. The monoisotopic (exact) mass is 299 g/mol. The first-order valence-electron chi connectivity index (χ1n) is 6.11. The summed E-state index contributed by atoms with van der Waals surface area (Å²) < 4.78 is 1.70. The number of carbonyl (C=O) groups is 1. The summed E-state index contributed by atoms with van der Waals surface area (Å²) in [6.07, 6.45) is 5.00. The number of imidazole rings is 1. The molecule has 3 aromatic rings. The lowest BCUT2D eigenvalue weighted by atomic mass is 10.3. The van der Waals surface area contributed by atoms with Gasteiger partial charge >= 0.3 is 0 Å². The lowest BCUT2D eigenvalue weighted by Crippen LogP contribution is -2.14. The Balaban J connectivity index is 1.74. The Kier molecular flexibility index (Phi) is 3.61. The molecule has 0 unspecified atom stereocenters. The summed E-state index contributed by atoms with van der Waals surface area (Å²) in [7, 11) is 0. The quantitative estimate of drug-likeness (QED) is 0.806. The van der Waals surface area contributed by atoms with Crippen LogP contribution in [0, 0.1) is 0 Å². The maximum atomic E-state index is 12.0. The van der Waals surface area contributed by atoms with Crippen LogP contribution in [0.15, 0.2) is 55.1 Å². The number of carbonyl (C=O) groups excluding carboxylic acids is 1. The highest BCUT2D eigenvalue weighted by atomic mass is 35.5. The van der Waals surface area contributed by atoms with E-state index in [2.05, 4.69) is 20.5 Å². The van der Waals surface area contributed by atoms with Gasteiger partial charge in [0.2, 0.25) is 0 Å². The summed E-state index contributed by atoms with van der Waals surface area (Å²) in [6, 6.07) is 10.1. The molecule has 0 bridgehead atoms. The fourth-order valence-electron chi connectivity index (χ4n) is 1.71. The second kappa shape index (κ2) is 5.72. The van der Waals surface area contributed by atoms with E-state index in [1.165, 1.54) is 0 Å². The molecule has 1 amide bonds. The number of nitrogens with zero attached hydrogens (tertiary/aromatic N) is 4. The molecule has 0 fully saturated rings. The summed E-state index contributed by atoms with van der Waals surface area (Å²) in [5.41, 5.74) is 0.874. The number of benzene rings is 1. The van der Waals surface area contributed by atoms with Crippen LogP contribution in [-0.2, 0) is 0 Å². The van der Waals surface area contributed by atoms with Gasteiger partial charge in [-0.2, -0.15) is 0 Å². The van der Waals surface area contributed by atoms with Crippen LogP contribution >= 0.6 is 11.6 Å². The number of amides is 1. The second-order valence-electron chi connectivity index (χ2n) is 4.21. The second-order valence-corrected chi connectivity index (χ2v) is 4.64. The third-order valence-corrected chi connectivity index (χ3v) is 3.01. The van der Waals surface area contributed by atoms with E-state index in [4.69, 9.17) is 11.6 Å². The van der Waals surface area contributed by atoms with E-state index in [1.54, 1.807) is 59.7 Å². The molecule has 0 saturated heterocycles. The Bertz CT molecular complexity index is 738. The van der Waals surface area contributed by atoms with Crippen molar-refractivity contribution in [2.45, 2.75) is 0 Å². The molecular weight excluding hydrogens is 290 g/mol. The third kappa shape index (κ3) is 3.06. The first-order chi connectivity index (χ1) is 10.2. The number of hydrogen-bond acceptors (Lipinski definition) is 4. The van der Waals surface area contributed by atoms with Gasteiger partial charge in [0.1, 0.15) is 6.33 Å². The fraction of sp³-hybridized carbons (Fsp3) is 0. The standard InChI is InChI=1S/C14H10ClN5O/c15-10-1-3-11(4-2-10)17-14(21)12-5-6-13(19-18-12)20-8-7-16-9-20/h1-9H,(H,17,21). The normalized spacial score (nSPS) is 10.3. The Morgan fingerprint density at radius 1 is 1.10 bits per heavy atom. The molecule has 1 N–H and O–H groups in total. The minimum atomic E-state index is -0.331. The van der Waals surface area contributed by atoms with Gasteiger partial charge in [0.15, 0.2) is 11.5 Å². The van der Waals surface area contributed by atoms with Gasteiger partial charge in [-0.05, 0) is 36.4 Å². The van der Waals surface area contributed by atoms with Crippen molar-refractivity contribution in [2.24, 2.45) is 0 Å². The maximum absolute atomic E-state index is 12.0. The van der Waals surface area contributed by atoms with E-state index in [1.807, 2.05) is 0 Å². The molecule has 1 aromatic carbocycles. The lowest BCUT2D eigenvalue weighted by Gasteiger charge is -2.05. The summed E-state index contributed by atoms with van der Waals surface area (Å²) in [6.45, 7) is 0. The van der Waals surface area contributed by atoms with Crippen molar-refractivity contribution in [1.82, 2.24) is 19.7 Å². The number of aromatic nitrogens is 4. The minimum Gasteiger partial charge on any atom is -0.321 e. The molecule has 0 aliphatic heterocycles. The third-order valence-electron chi connectivity index (χ3n) is 2.75. The average molecular weight is 300 g/mol. The van der Waals surface area contributed by atoms with Crippen LogP contribution in [0.2, 0.25) is 5.02 Å². The molecule has 7 heteroatoms. The number of rotatable bonds is 3. The summed E-state index contributed by atoms with van der Waals surface area (Å²) in [5, 5.41) is 11.2. The molecule has 3 rings (SSSR count). The molecule has 104 valence electrons. The van der Waals surface area contributed by atoms with E-state index in [0.29, 0.717) is 16.5 Å². The van der Waals surface area contributed by atoms with Gasteiger partial charge < -0.3 is 5.32 Å². The van der Waals surface area contributed by atoms with Crippen LogP contribution in [0.3, 0.4) is 0 Å². The van der Waals surface area contributed by atoms with Crippen molar-refractivity contribution >= 4 is 23.2 Å². The van der Waals surface area contributed by atoms with Crippen LogP contribution in [0.4, 0.5) is 5.69 Å². The van der Waals surface area contributed by atoms with Gasteiger partial charge in [0.25, 0.3) is 5.91 Å². The van der Waals surface area contributed by atoms with Crippen molar-refractivity contribution < 1.29 is 4.79 Å². The maximum Gasteiger partial charge on any atom is 0.276 e. The number of halogens is 1. The molecule has 0 aliphatic rings. The van der Waals surface area contributed by atoms with Gasteiger partial charge in [-0.25, -0.2) is 4.98 Å². The van der Waals surface area contributed by atoms with Crippen molar-refractivity contribution in [3.05, 3.63) is 65.8 Å². The Labute approximate surface area is 125 Å².